The monoisotopic (exact) mass is 275 g/mol. The van der Waals surface area contributed by atoms with Gasteiger partial charge in [0.05, 0.1) is 12.7 Å². The lowest BCUT2D eigenvalue weighted by molar-refractivity contribution is 0.0456. The Bertz CT molecular complexity index is 542. The summed E-state index contributed by atoms with van der Waals surface area (Å²) in [6.07, 6.45) is -0.101. The molecule has 0 saturated carbocycles. The zero-order valence-corrected chi connectivity index (χ0v) is 11.7. The van der Waals surface area contributed by atoms with E-state index in [4.69, 9.17) is 22.1 Å². The summed E-state index contributed by atoms with van der Waals surface area (Å²) in [6.45, 7) is 2.98. The highest BCUT2D eigenvalue weighted by molar-refractivity contribution is 6.31. The summed E-state index contributed by atoms with van der Waals surface area (Å²) in [6, 6.07) is 15.9. The average Bonchev–Trinajstić information content (AvgIpc) is 2.41. The van der Waals surface area contributed by atoms with Crippen molar-refractivity contribution >= 4 is 11.6 Å². The van der Waals surface area contributed by atoms with Gasteiger partial charge < -0.3 is 10.5 Å². The lowest BCUT2D eigenvalue weighted by Crippen LogP contribution is -2.16. The van der Waals surface area contributed by atoms with E-state index in [2.05, 4.69) is 19.1 Å². The molecule has 0 aromatic heterocycles. The fourth-order valence-corrected chi connectivity index (χ4v) is 2.17. The van der Waals surface area contributed by atoms with Gasteiger partial charge >= 0.3 is 0 Å². The van der Waals surface area contributed by atoms with Gasteiger partial charge in [-0.2, -0.15) is 0 Å². The van der Waals surface area contributed by atoms with Crippen LogP contribution >= 0.6 is 11.6 Å². The highest BCUT2D eigenvalue weighted by Gasteiger charge is 2.11. The van der Waals surface area contributed by atoms with Crippen LogP contribution in [0.5, 0.6) is 0 Å². The number of halogens is 1. The van der Waals surface area contributed by atoms with E-state index in [-0.39, 0.29) is 6.10 Å². The SMILES string of the molecule is Cc1cccc(C(CN)OCc2ccccc2Cl)c1. The third-order valence-corrected chi connectivity index (χ3v) is 3.39. The summed E-state index contributed by atoms with van der Waals surface area (Å²) in [7, 11) is 0. The first kappa shape index (κ1) is 14.1. The summed E-state index contributed by atoms with van der Waals surface area (Å²) in [5.74, 6) is 0. The first-order chi connectivity index (χ1) is 9.20. The zero-order chi connectivity index (χ0) is 13.7. The molecule has 2 rings (SSSR count). The van der Waals surface area contributed by atoms with Gasteiger partial charge in [0.25, 0.3) is 0 Å². The van der Waals surface area contributed by atoms with Crippen molar-refractivity contribution in [1.29, 1.82) is 0 Å². The van der Waals surface area contributed by atoms with Crippen molar-refractivity contribution in [3.8, 4) is 0 Å². The smallest absolute Gasteiger partial charge is 0.0951 e. The maximum atomic E-state index is 6.11. The molecule has 2 N–H and O–H groups in total. The van der Waals surface area contributed by atoms with Crippen molar-refractivity contribution in [2.45, 2.75) is 19.6 Å². The molecule has 2 nitrogen and oxygen atoms in total. The van der Waals surface area contributed by atoms with Gasteiger partial charge in [0.1, 0.15) is 0 Å². The minimum Gasteiger partial charge on any atom is -0.367 e. The summed E-state index contributed by atoms with van der Waals surface area (Å²) >= 11 is 6.11. The number of benzene rings is 2. The second-order valence-corrected chi connectivity index (χ2v) is 4.95. The molecule has 0 radical (unpaired) electrons. The van der Waals surface area contributed by atoms with Crippen LogP contribution in [0.4, 0.5) is 0 Å². The molecule has 3 heteroatoms. The Morgan fingerprint density at radius 2 is 1.95 bits per heavy atom. The molecule has 1 unspecified atom stereocenters. The topological polar surface area (TPSA) is 35.2 Å². The summed E-state index contributed by atoms with van der Waals surface area (Å²) in [5.41, 5.74) is 9.09. The number of aryl methyl sites for hydroxylation is 1. The quantitative estimate of drug-likeness (QED) is 0.899. The fourth-order valence-electron chi connectivity index (χ4n) is 1.98. The number of hydrogen-bond donors (Lipinski definition) is 1. The lowest BCUT2D eigenvalue weighted by Gasteiger charge is -2.17. The van der Waals surface area contributed by atoms with Crippen molar-refractivity contribution in [1.82, 2.24) is 0 Å². The molecule has 0 bridgehead atoms. The van der Waals surface area contributed by atoms with Crippen molar-refractivity contribution in [3.63, 3.8) is 0 Å². The fraction of sp³-hybridized carbons (Fsp3) is 0.250. The number of nitrogens with two attached hydrogens (primary N) is 1. The van der Waals surface area contributed by atoms with Crippen molar-refractivity contribution in [2.75, 3.05) is 6.54 Å². The van der Waals surface area contributed by atoms with Crippen molar-refractivity contribution < 1.29 is 4.74 Å². The largest absolute Gasteiger partial charge is 0.367 e. The van der Waals surface area contributed by atoms with Crippen LogP contribution in [0.3, 0.4) is 0 Å². The molecule has 2 aromatic carbocycles. The highest BCUT2D eigenvalue weighted by Crippen LogP contribution is 2.22. The third kappa shape index (κ3) is 3.80. The highest BCUT2D eigenvalue weighted by atomic mass is 35.5. The summed E-state index contributed by atoms with van der Waals surface area (Å²) < 4.78 is 5.89. The predicted octanol–water partition coefficient (Wildman–Crippen LogP) is 3.87. The zero-order valence-electron chi connectivity index (χ0n) is 11.0. The van der Waals surface area contributed by atoms with Gasteiger partial charge in [-0.3, -0.25) is 0 Å². The van der Waals surface area contributed by atoms with Gasteiger partial charge in [0, 0.05) is 11.6 Å². The number of ether oxygens (including phenoxy) is 1. The molecule has 0 heterocycles. The molecule has 0 aliphatic rings. The lowest BCUT2D eigenvalue weighted by atomic mass is 10.1. The molecule has 100 valence electrons. The first-order valence-corrected chi connectivity index (χ1v) is 6.70. The van der Waals surface area contributed by atoms with E-state index in [1.165, 1.54) is 5.56 Å². The molecule has 0 saturated heterocycles. The summed E-state index contributed by atoms with van der Waals surface area (Å²) in [4.78, 5) is 0. The molecule has 0 amide bonds. The molecule has 0 aliphatic heterocycles. The molecule has 2 aromatic rings. The van der Waals surface area contributed by atoms with Crippen LogP contribution < -0.4 is 5.73 Å². The van der Waals surface area contributed by atoms with E-state index in [0.717, 1.165) is 16.1 Å². The van der Waals surface area contributed by atoms with Gasteiger partial charge in [-0.15, -0.1) is 0 Å². The van der Waals surface area contributed by atoms with Gasteiger partial charge in [0.15, 0.2) is 0 Å². The Balaban J connectivity index is 2.06. The Morgan fingerprint density at radius 3 is 2.63 bits per heavy atom. The Morgan fingerprint density at radius 1 is 1.16 bits per heavy atom. The Hall–Kier alpha value is -1.35. The normalized spacial score (nSPS) is 12.4. The van der Waals surface area contributed by atoms with Crippen molar-refractivity contribution in [2.24, 2.45) is 5.73 Å². The predicted molar refractivity (Wildman–Crippen MR) is 79.2 cm³/mol. The standard InChI is InChI=1S/C16H18ClNO/c1-12-5-4-7-13(9-12)16(10-18)19-11-14-6-2-3-8-15(14)17/h2-9,16H,10-11,18H2,1H3. The Labute approximate surface area is 119 Å². The Kier molecular flexibility index (Phi) is 4.97. The van der Waals surface area contributed by atoms with E-state index < -0.39 is 0 Å². The van der Waals surface area contributed by atoms with Crippen LogP contribution in [0.1, 0.15) is 22.8 Å². The minimum atomic E-state index is -0.101. The van der Waals surface area contributed by atoms with Gasteiger partial charge in [-0.05, 0) is 24.1 Å². The minimum absolute atomic E-state index is 0.101. The van der Waals surface area contributed by atoms with Gasteiger partial charge in [-0.25, -0.2) is 0 Å². The second kappa shape index (κ2) is 6.71. The maximum absolute atomic E-state index is 6.11. The summed E-state index contributed by atoms with van der Waals surface area (Å²) in [5, 5.41) is 0.725. The van der Waals surface area contributed by atoms with Crippen LogP contribution in [-0.2, 0) is 11.3 Å². The van der Waals surface area contributed by atoms with Gasteiger partial charge in [0.2, 0.25) is 0 Å². The molecular formula is C16H18ClNO. The maximum Gasteiger partial charge on any atom is 0.0951 e. The molecule has 0 spiro atoms. The molecule has 19 heavy (non-hydrogen) atoms. The second-order valence-electron chi connectivity index (χ2n) is 4.54. The average molecular weight is 276 g/mol. The van der Waals surface area contributed by atoms with E-state index in [1.54, 1.807) is 0 Å². The van der Waals surface area contributed by atoms with Crippen LogP contribution in [0.15, 0.2) is 48.5 Å². The molecule has 0 aliphatic carbocycles. The molecule has 0 fully saturated rings. The molecular weight excluding hydrogens is 258 g/mol. The van der Waals surface area contributed by atoms with E-state index in [0.29, 0.717) is 13.2 Å². The number of hydrogen-bond acceptors (Lipinski definition) is 2. The van der Waals surface area contributed by atoms with Crippen molar-refractivity contribution in [3.05, 3.63) is 70.2 Å². The first-order valence-electron chi connectivity index (χ1n) is 6.32. The van der Waals surface area contributed by atoms with E-state index >= 15 is 0 Å². The third-order valence-electron chi connectivity index (χ3n) is 3.03. The molecule has 1 atom stereocenters. The van der Waals surface area contributed by atoms with E-state index in [9.17, 15) is 0 Å². The number of rotatable bonds is 5. The van der Waals surface area contributed by atoms with Crippen LogP contribution in [0.2, 0.25) is 5.02 Å². The van der Waals surface area contributed by atoms with E-state index in [1.807, 2.05) is 36.4 Å². The van der Waals surface area contributed by atoms with Crippen LogP contribution in [0, 0.1) is 6.92 Å². The van der Waals surface area contributed by atoms with Gasteiger partial charge in [-0.1, -0.05) is 59.6 Å². The van der Waals surface area contributed by atoms with Crippen LogP contribution in [0.25, 0.3) is 0 Å². The van der Waals surface area contributed by atoms with Crippen LogP contribution in [-0.4, -0.2) is 6.54 Å².